The molecule has 0 saturated heterocycles. The molecule has 0 bridgehead atoms. The van der Waals surface area contributed by atoms with Gasteiger partial charge >= 0.3 is 0 Å². The summed E-state index contributed by atoms with van der Waals surface area (Å²) in [5.74, 6) is 1.84. The minimum absolute atomic E-state index is 0.173. The van der Waals surface area contributed by atoms with Crippen LogP contribution in [0.1, 0.15) is 36.6 Å². The van der Waals surface area contributed by atoms with Crippen molar-refractivity contribution in [1.29, 1.82) is 0 Å². The predicted octanol–water partition coefficient (Wildman–Crippen LogP) is 3.97. The summed E-state index contributed by atoms with van der Waals surface area (Å²) in [6.07, 6.45) is -0.599. The van der Waals surface area contributed by atoms with Crippen molar-refractivity contribution in [3.8, 4) is 17.2 Å². The highest BCUT2D eigenvalue weighted by Crippen LogP contribution is 2.30. The lowest BCUT2D eigenvalue weighted by Crippen LogP contribution is -2.37. The van der Waals surface area contributed by atoms with E-state index in [1.165, 1.54) is 0 Å². The summed E-state index contributed by atoms with van der Waals surface area (Å²) in [5.41, 5.74) is 3.02. The molecule has 0 spiro atoms. The van der Waals surface area contributed by atoms with E-state index >= 15 is 0 Å². The van der Waals surface area contributed by atoms with Crippen LogP contribution in [0.2, 0.25) is 0 Å². The van der Waals surface area contributed by atoms with Crippen LogP contribution in [0.25, 0.3) is 0 Å². The van der Waals surface area contributed by atoms with Gasteiger partial charge in [0.1, 0.15) is 5.75 Å². The van der Waals surface area contributed by atoms with Crippen LogP contribution in [0, 0.1) is 13.8 Å². The summed E-state index contributed by atoms with van der Waals surface area (Å²) >= 11 is 0. The van der Waals surface area contributed by atoms with E-state index in [9.17, 15) is 4.79 Å². The molecular formula is C21H27NO4. The first kappa shape index (κ1) is 19.6. The summed E-state index contributed by atoms with van der Waals surface area (Å²) in [7, 11) is 3.18. The number of hydrogen-bond acceptors (Lipinski definition) is 4. The van der Waals surface area contributed by atoms with Crippen molar-refractivity contribution in [2.75, 3.05) is 14.2 Å². The zero-order valence-electron chi connectivity index (χ0n) is 16.3. The molecule has 0 aromatic heterocycles. The van der Waals surface area contributed by atoms with Crippen molar-refractivity contribution in [3.05, 3.63) is 53.1 Å². The minimum Gasteiger partial charge on any atom is -0.493 e. The fourth-order valence-corrected chi connectivity index (χ4v) is 2.61. The fraction of sp³-hybridized carbons (Fsp3) is 0.381. The molecule has 0 saturated carbocycles. The molecule has 0 aliphatic carbocycles. The molecule has 0 aliphatic rings. The Balaban J connectivity index is 2.05. The molecule has 2 aromatic carbocycles. The lowest BCUT2D eigenvalue weighted by Gasteiger charge is -2.20. The Bertz CT molecular complexity index is 773. The second-order valence-electron chi connectivity index (χ2n) is 6.37. The zero-order chi connectivity index (χ0) is 19.3. The largest absolute Gasteiger partial charge is 0.493 e. The summed E-state index contributed by atoms with van der Waals surface area (Å²) in [6.45, 7) is 7.63. The number of hydrogen-bond donors (Lipinski definition) is 1. The Labute approximate surface area is 155 Å². The smallest absolute Gasteiger partial charge is 0.261 e. The number of rotatable bonds is 7. The first-order valence-electron chi connectivity index (χ1n) is 8.62. The van der Waals surface area contributed by atoms with Gasteiger partial charge in [-0.2, -0.15) is 0 Å². The maximum Gasteiger partial charge on any atom is 0.261 e. The third-order valence-electron chi connectivity index (χ3n) is 4.28. The van der Waals surface area contributed by atoms with Gasteiger partial charge in [0.15, 0.2) is 17.6 Å². The molecule has 2 aromatic rings. The van der Waals surface area contributed by atoms with Crippen LogP contribution in [0.4, 0.5) is 0 Å². The van der Waals surface area contributed by atoms with Crippen LogP contribution in [0.15, 0.2) is 36.4 Å². The molecule has 5 heteroatoms. The van der Waals surface area contributed by atoms with Crippen molar-refractivity contribution >= 4 is 5.91 Å². The molecular weight excluding hydrogens is 330 g/mol. The van der Waals surface area contributed by atoms with Crippen LogP contribution in [-0.2, 0) is 4.79 Å². The number of nitrogens with one attached hydrogen (secondary N) is 1. The van der Waals surface area contributed by atoms with Crippen LogP contribution in [0.3, 0.4) is 0 Å². The van der Waals surface area contributed by atoms with Crippen molar-refractivity contribution in [2.45, 2.75) is 39.8 Å². The summed E-state index contributed by atoms with van der Waals surface area (Å²) in [6, 6.07) is 11.4. The average molecular weight is 357 g/mol. The first-order chi connectivity index (χ1) is 12.3. The fourth-order valence-electron chi connectivity index (χ4n) is 2.61. The van der Waals surface area contributed by atoms with E-state index in [1.807, 2.05) is 57.2 Å². The molecule has 2 rings (SSSR count). The van der Waals surface area contributed by atoms with E-state index in [2.05, 4.69) is 5.32 Å². The van der Waals surface area contributed by atoms with Gasteiger partial charge in [-0.05, 0) is 62.6 Å². The molecule has 0 radical (unpaired) electrons. The molecule has 0 heterocycles. The van der Waals surface area contributed by atoms with E-state index in [-0.39, 0.29) is 11.9 Å². The van der Waals surface area contributed by atoms with Crippen LogP contribution < -0.4 is 19.5 Å². The number of carbonyl (C=O) groups is 1. The molecule has 2 atom stereocenters. The second-order valence-corrected chi connectivity index (χ2v) is 6.37. The summed E-state index contributed by atoms with van der Waals surface area (Å²) in [5, 5.41) is 2.98. The predicted molar refractivity (Wildman–Crippen MR) is 102 cm³/mol. The van der Waals surface area contributed by atoms with Gasteiger partial charge < -0.3 is 19.5 Å². The Kier molecular flexibility index (Phi) is 6.50. The van der Waals surface area contributed by atoms with Gasteiger partial charge in [-0.25, -0.2) is 0 Å². The third-order valence-corrected chi connectivity index (χ3v) is 4.28. The maximum absolute atomic E-state index is 12.5. The number of benzene rings is 2. The Morgan fingerprint density at radius 1 is 0.923 bits per heavy atom. The molecule has 1 amide bonds. The quantitative estimate of drug-likeness (QED) is 0.815. The maximum atomic E-state index is 12.5. The first-order valence-corrected chi connectivity index (χ1v) is 8.62. The third kappa shape index (κ3) is 4.69. The Morgan fingerprint density at radius 3 is 2.27 bits per heavy atom. The van der Waals surface area contributed by atoms with E-state index in [0.717, 1.165) is 22.4 Å². The lowest BCUT2D eigenvalue weighted by atomic mass is 10.1. The summed E-state index contributed by atoms with van der Waals surface area (Å²) < 4.78 is 16.4. The highest BCUT2D eigenvalue weighted by molar-refractivity contribution is 5.81. The number of carbonyl (C=O) groups excluding carboxylic acids is 1. The van der Waals surface area contributed by atoms with Crippen LogP contribution in [-0.4, -0.2) is 26.2 Å². The van der Waals surface area contributed by atoms with Gasteiger partial charge in [0, 0.05) is 0 Å². The van der Waals surface area contributed by atoms with E-state index in [1.54, 1.807) is 21.1 Å². The number of ether oxygens (including phenoxy) is 3. The molecule has 26 heavy (non-hydrogen) atoms. The number of aryl methyl sites for hydroxylation is 2. The molecule has 140 valence electrons. The van der Waals surface area contributed by atoms with Gasteiger partial charge in [-0.1, -0.05) is 18.2 Å². The number of methoxy groups -OCH3 is 2. The lowest BCUT2D eigenvalue weighted by molar-refractivity contribution is -0.127. The van der Waals surface area contributed by atoms with Gasteiger partial charge in [0.25, 0.3) is 5.91 Å². The van der Waals surface area contributed by atoms with E-state index in [4.69, 9.17) is 14.2 Å². The monoisotopic (exact) mass is 357 g/mol. The highest BCUT2D eigenvalue weighted by atomic mass is 16.5. The van der Waals surface area contributed by atoms with Crippen molar-refractivity contribution in [3.63, 3.8) is 0 Å². The van der Waals surface area contributed by atoms with Gasteiger partial charge in [-0.15, -0.1) is 0 Å². The summed E-state index contributed by atoms with van der Waals surface area (Å²) in [4.78, 5) is 12.5. The van der Waals surface area contributed by atoms with Crippen molar-refractivity contribution < 1.29 is 19.0 Å². The van der Waals surface area contributed by atoms with Crippen LogP contribution >= 0.6 is 0 Å². The molecule has 0 aliphatic heterocycles. The van der Waals surface area contributed by atoms with Crippen molar-refractivity contribution in [1.82, 2.24) is 5.32 Å². The second kappa shape index (κ2) is 8.61. The number of amides is 1. The van der Waals surface area contributed by atoms with E-state index in [0.29, 0.717) is 11.5 Å². The molecule has 2 unspecified atom stereocenters. The molecule has 5 nitrogen and oxygen atoms in total. The van der Waals surface area contributed by atoms with Crippen molar-refractivity contribution in [2.24, 2.45) is 0 Å². The minimum atomic E-state index is -0.599. The Morgan fingerprint density at radius 2 is 1.62 bits per heavy atom. The topological polar surface area (TPSA) is 56.8 Å². The molecule has 0 fully saturated rings. The normalized spacial score (nSPS) is 12.8. The average Bonchev–Trinajstić information content (AvgIpc) is 2.63. The van der Waals surface area contributed by atoms with Gasteiger partial charge in [0.2, 0.25) is 0 Å². The zero-order valence-corrected chi connectivity index (χ0v) is 16.3. The Hall–Kier alpha value is -2.69. The molecule has 1 N–H and O–H groups in total. The van der Waals surface area contributed by atoms with Gasteiger partial charge in [0.05, 0.1) is 20.3 Å². The SMILES string of the molecule is COc1ccc(C(C)NC(=O)C(C)Oc2cc(C)ccc2C)cc1OC. The van der Waals surface area contributed by atoms with Crippen LogP contribution in [0.5, 0.6) is 17.2 Å². The standard InChI is InChI=1S/C21H27NO4/c1-13-7-8-14(2)19(11-13)26-16(4)21(23)22-15(3)17-9-10-18(24-5)20(12-17)25-6/h7-12,15-16H,1-6H3,(H,22,23). The highest BCUT2D eigenvalue weighted by Gasteiger charge is 2.19. The van der Waals surface area contributed by atoms with E-state index < -0.39 is 6.10 Å². The van der Waals surface area contributed by atoms with Gasteiger partial charge in [-0.3, -0.25) is 4.79 Å².